The number of rotatable bonds is 2. The minimum absolute atomic E-state index is 0.415. The Morgan fingerprint density at radius 3 is 2.52 bits per heavy atom. The van der Waals surface area contributed by atoms with Crippen LogP contribution in [0, 0.1) is 0 Å². The van der Waals surface area contributed by atoms with Crippen LogP contribution < -0.4 is 4.90 Å². The Morgan fingerprint density at radius 1 is 0.857 bits per heavy atom. The van der Waals surface area contributed by atoms with Gasteiger partial charge in [-0.2, -0.15) is 0 Å². The summed E-state index contributed by atoms with van der Waals surface area (Å²) in [4.78, 5) is 2.53. The van der Waals surface area contributed by atoms with Crippen molar-refractivity contribution in [2.24, 2.45) is 0 Å². The van der Waals surface area contributed by atoms with Gasteiger partial charge in [0.1, 0.15) is 0 Å². The second kappa shape index (κ2) is 4.92. The molecule has 1 heteroatoms. The van der Waals surface area contributed by atoms with Crippen LogP contribution in [0.3, 0.4) is 0 Å². The zero-order valence-electron chi connectivity index (χ0n) is 12.3. The SMILES string of the molecule is CC(c1ccc2ccccc2c1)N1CCc2ccccc21. The molecule has 0 N–H and O–H groups in total. The zero-order valence-corrected chi connectivity index (χ0v) is 12.3. The molecule has 0 spiro atoms. The van der Waals surface area contributed by atoms with E-state index < -0.39 is 0 Å². The Kier molecular flexibility index (Phi) is 2.92. The average Bonchev–Trinajstić information content (AvgIpc) is 2.98. The van der Waals surface area contributed by atoms with Crippen molar-refractivity contribution < 1.29 is 0 Å². The van der Waals surface area contributed by atoms with Gasteiger partial charge in [-0.25, -0.2) is 0 Å². The maximum absolute atomic E-state index is 2.53. The van der Waals surface area contributed by atoms with Gasteiger partial charge in [-0.15, -0.1) is 0 Å². The quantitative estimate of drug-likeness (QED) is 0.637. The summed E-state index contributed by atoms with van der Waals surface area (Å²) in [5.41, 5.74) is 4.27. The first-order valence-corrected chi connectivity index (χ1v) is 7.66. The van der Waals surface area contributed by atoms with Crippen molar-refractivity contribution in [3.05, 3.63) is 77.9 Å². The van der Waals surface area contributed by atoms with Crippen molar-refractivity contribution in [1.29, 1.82) is 0 Å². The van der Waals surface area contributed by atoms with Gasteiger partial charge in [0.05, 0.1) is 6.04 Å². The molecule has 0 fully saturated rings. The molecule has 0 aliphatic carbocycles. The van der Waals surface area contributed by atoms with Gasteiger partial charge in [-0.1, -0.05) is 54.6 Å². The van der Waals surface area contributed by atoms with E-state index in [-0.39, 0.29) is 0 Å². The molecular formula is C20H19N. The molecule has 1 atom stereocenters. The first-order chi connectivity index (χ1) is 10.3. The third-order valence-electron chi connectivity index (χ3n) is 4.65. The monoisotopic (exact) mass is 273 g/mol. The minimum Gasteiger partial charge on any atom is -0.364 e. The number of fused-ring (bicyclic) bond motifs is 2. The summed E-state index contributed by atoms with van der Waals surface area (Å²) < 4.78 is 0. The van der Waals surface area contributed by atoms with Gasteiger partial charge in [0.25, 0.3) is 0 Å². The molecule has 1 heterocycles. The fourth-order valence-electron chi connectivity index (χ4n) is 3.41. The van der Waals surface area contributed by atoms with E-state index >= 15 is 0 Å². The number of nitrogens with zero attached hydrogens (tertiary/aromatic N) is 1. The summed E-state index contributed by atoms with van der Waals surface area (Å²) >= 11 is 0. The van der Waals surface area contributed by atoms with Crippen LogP contribution in [0.4, 0.5) is 5.69 Å². The highest BCUT2D eigenvalue weighted by molar-refractivity contribution is 5.83. The van der Waals surface area contributed by atoms with Crippen LogP contribution in [-0.4, -0.2) is 6.54 Å². The molecule has 1 nitrogen and oxygen atoms in total. The lowest BCUT2D eigenvalue weighted by atomic mass is 10.0. The lowest BCUT2D eigenvalue weighted by Crippen LogP contribution is -2.24. The van der Waals surface area contributed by atoms with E-state index in [1.165, 1.54) is 27.6 Å². The van der Waals surface area contributed by atoms with E-state index in [1.807, 2.05) is 0 Å². The summed E-state index contributed by atoms with van der Waals surface area (Å²) in [5, 5.41) is 2.64. The number of anilines is 1. The van der Waals surface area contributed by atoms with Crippen LogP contribution in [0.25, 0.3) is 10.8 Å². The molecule has 1 aliphatic heterocycles. The summed E-state index contributed by atoms with van der Waals surface area (Å²) in [5.74, 6) is 0. The average molecular weight is 273 g/mol. The summed E-state index contributed by atoms with van der Waals surface area (Å²) in [6.07, 6.45) is 1.16. The van der Waals surface area contributed by atoms with Crippen LogP contribution in [0.2, 0.25) is 0 Å². The molecule has 0 saturated carbocycles. The number of benzene rings is 3. The first-order valence-electron chi connectivity index (χ1n) is 7.66. The minimum atomic E-state index is 0.415. The lowest BCUT2D eigenvalue weighted by Gasteiger charge is -2.28. The molecule has 4 rings (SSSR count). The molecule has 0 saturated heterocycles. The van der Waals surface area contributed by atoms with Crippen LogP contribution in [0.5, 0.6) is 0 Å². The van der Waals surface area contributed by atoms with Gasteiger partial charge in [0.2, 0.25) is 0 Å². The molecule has 0 amide bonds. The van der Waals surface area contributed by atoms with E-state index in [1.54, 1.807) is 0 Å². The first kappa shape index (κ1) is 12.5. The second-order valence-electron chi connectivity index (χ2n) is 5.85. The summed E-state index contributed by atoms with van der Waals surface area (Å²) in [7, 11) is 0. The highest BCUT2D eigenvalue weighted by Gasteiger charge is 2.23. The number of hydrogen-bond acceptors (Lipinski definition) is 1. The van der Waals surface area contributed by atoms with Crippen LogP contribution in [0.15, 0.2) is 66.7 Å². The van der Waals surface area contributed by atoms with Gasteiger partial charge in [0, 0.05) is 12.2 Å². The van der Waals surface area contributed by atoms with Gasteiger partial charge >= 0.3 is 0 Å². The highest BCUT2D eigenvalue weighted by atomic mass is 15.2. The molecule has 104 valence electrons. The third-order valence-corrected chi connectivity index (χ3v) is 4.65. The Balaban J connectivity index is 1.72. The van der Waals surface area contributed by atoms with Crippen molar-refractivity contribution in [3.63, 3.8) is 0 Å². The van der Waals surface area contributed by atoms with E-state index in [9.17, 15) is 0 Å². The van der Waals surface area contributed by atoms with Crippen molar-refractivity contribution in [2.75, 3.05) is 11.4 Å². The fraction of sp³-hybridized carbons (Fsp3) is 0.200. The van der Waals surface area contributed by atoms with Crippen LogP contribution >= 0.6 is 0 Å². The van der Waals surface area contributed by atoms with Crippen molar-refractivity contribution in [2.45, 2.75) is 19.4 Å². The van der Waals surface area contributed by atoms with Gasteiger partial charge in [-0.05, 0) is 47.4 Å². The van der Waals surface area contributed by atoms with Crippen LogP contribution in [0.1, 0.15) is 24.1 Å². The number of para-hydroxylation sites is 1. The molecule has 21 heavy (non-hydrogen) atoms. The van der Waals surface area contributed by atoms with Crippen molar-refractivity contribution >= 4 is 16.5 Å². The fourth-order valence-corrected chi connectivity index (χ4v) is 3.41. The van der Waals surface area contributed by atoms with E-state index in [0.717, 1.165) is 13.0 Å². The summed E-state index contributed by atoms with van der Waals surface area (Å²) in [6, 6.07) is 24.6. The van der Waals surface area contributed by atoms with Crippen LogP contribution in [-0.2, 0) is 6.42 Å². The predicted octanol–water partition coefficient (Wildman–Crippen LogP) is 4.96. The normalized spacial score (nSPS) is 15.2. The highest BCUT2D eigenvalue weighted by Crippen LogP contribution is 2.35. The molecule has 0 radical (unpaired) electrons. The Bertz CT molecular complexity index is 790. The van der Waals surface area contributed by atoms with Gasteiger partial charge in [-0.3, -0.25) is 0 Å². The number of hydrogen-bond donors (Lipinski definition) is 0. The third kappa shape index (κ3) is 2.09. The molecular weight excluding hydrogens is 254 g/mol. The smallest absolute Gasteiger partial charge is 0.0514 e. The largest absolute Gasteiger partial charge is 0.364 e. The van der Waals surface area contributed by atoms with Gasteiger partial charge in [0.15, 0.2) is 0 Å². The molecule has 0 bridgehead atoms. The van der Waals surface area contributed by atoms with E-state index in [0.29, 0.717) is 6.04 Å². The zero-order chi connectivity index (χ0) is 14.2. The lowest BCUT2D eigenvalue weighted by molar-refractivity contribution is 0.697. The Morgan fingerprint density at radius 2 is 1.62 bits per heavy atom. The van der Waals surface area contributed by atoms with E-state index in [2.05, 4.69) is 78.6 Å². The maximum atomic E-state index is 2.53. The van der Waals surface area contributed by atoms with Crippen molar-refractivity contribution in [1.82, 2.24) is 0 Å². The molecule has 1 aliphatic rings. The summed E-state index contributed by atoms with van der Waals surface area (Å²) in [6.45, 7) is 3.43. The standard InChI is InChI=1S/C20H19N/c1-15(21-13-12-17-7-4-5-9-20(17)21)18-11-10-16-6-2-3-8-19(16)14-18/h2-11,14-15H,12-13H2,1H3. The van der Waals surface area contributed by atoms with Gasteiger partial charge < -0.3 is 4.90 Å². The van der Waals surface area contributed by atoms with E-state index in [4.69, 9.17) is 0 Å². The Hall–Kier alpha value is -2.28. The predicted molar refractivity (Wildman–Crippen MR) is 89.9 cm³/mol. The molecule has 3 aromatic rings. The molecule has 3 aromatic carbocycles. The molecule has 1 unspecified atom stereocenters. The molecule has 0 aromatic heterocycles. The Labute approximate surface area is 125 Å². The maximum Gasteiger partial charge on any atom is 0.0514 e. The topological polar surface area (TPSA) is 3.24 Å². The van der Waals surface area contributed by atoms with Crippen molar-refractivity contribution in [3.8, 4) is 0 Å². The second-order valence-corrected chi connectivity index (χ2v) is 5.85.